The Morgan fingerprint density at radius 3 is 2.81 bits per heavy atom. The standard InChI is InChI=1S/C11H15NO2S.ClH/c1-14-11(13)7-10(12)8-4-3-5-9(6-8)15-2;/h3-6,10H,7,12H2,1-2H3;1H/t10-;/m0./s1. The third kappa shape index (κ3) is 4.43. The Bertz CT molecular complexity index is 347. The van der Waals surface area contributed by atoms with E-state index in [2.05, 4.69) is 4.74 Å². The van der Waals surface area contributed by atoms with Crippen molar-refractivity contribution in [3.63, 3.8) is 0 Å². The van der Waals surface area contributed by atoms with Gasteiger partial charge in [-0.2, -0.15) is 0 Å². The number of hydrogen-bond acceptors (Lipinski definition) is 4. The van der Waals surface area contributed by atoms with Crippen LogP contribution in [0.1, 0.15) is 18.0 Å². The van der Waals surface area contributed by atoms with E-state index in [9.17, 15) is 4.79 Å². The number of hydrogen-bond donors (Lipinski definition) is 1. The average Bonchev–Trinajstić information content (AvgIpc) is 2.28. The van der Waals surface area contributed by atoms with Crippen molar-refractivity contribution < 1.29 is 9.53 Å². The first-order chi connectivity index (χ1) is 7.17. The van der Waals surface area contributed by atoms with E-state index < -0.39 is 0 Å². The van der Waals surface area contributed by atoms with Crippen LogP contribution in [0, 0.1) is 0 Å². The van der Waals surface area contributed by atoms with Crippen LogP contribution in [0.4, 0.5) is 0 Å². The van der Waals surface area contributed by atoms with Crippen LogP contribution in [0.15, 0.2) is 29.2 Å². The number of benzene rings is 1. The van der Waals surface area contributed by atoms with Gasteiger partial charge in [-0.05, 0) is 24.0 Å². The van der Waals surface area contributed by atoms with Gasteiger partial charge in [0.1, 0.15) is 0 Å². The SMILES string of the molecule is COC(=O)C[C@H](N)c1cccc(SC)c1.Cl. The molecule has 0 aliphatic heterocycles. The molecule has 90 valence electrons. The fourth-order valence-electron chi connectivity index (χ4n) is 1.25. The van der Waals surface area contributed by atoms with Crippen LogP contribution in [0.3, 0.4) is 0 Å². The molecule has 0 heterocycles. The Morgan fingerprint density at radius 2 is 2.25 bits per heavy atom. The molecule has 0 aliphatic rings. The van der Waals surface area contributed by atoms with Gasteiger partial charge in [0.15, 0.2) is 0 Å². The highest BCUT2D eigenvalue weighted by Crippen LogP contribution is 2.21. The lowest BCUT2D eigenvalue weighted by molar-refractivity contribution is -0.141. The molecule has 0 saturated heterocycles. The first kappa shape index (κ1) is 15.3. The molecule has 3 nitrogen and oxygen atoms in total. The molecule has 1 atom stereocenters. The zero-order chi connectivity index (χ0) is 11.3. The van der Waals surface area contributed by atoms with Gasteiger partial charge < -0.3 is 10.5 Å². The minimum Gasteiger partial charge on any atom is -0.469 e. The second-order valence-corrected chi connectivity index (χ2v) is 4.04. The summed E-state index contributed by atoms with van der Waals surface area (Å²) in [6.07, 6.45) is 2.22. The molecule has 0 aliphatic carbocycles. The molecule has 0 radical (unpaired) electrons. The van der Waals surface area contributed by atoms with Crippen molar-refractivity contribution in [2.24, 2.45) is 5.73 Å². The van der Waals surface area contributed by atoms with Crippen molar-refractivity contribution in [1.82, 2.24) is 0 Å². The number of methoxy groups -OCH3 is 1. The van der Waals surface area contributed by atoms with Gasteiger partial charge in [-0.1, -0.05) is 12.1 Å². The molecule has 0 spiro atoms. The number of nitrogens with two attached hydrogens (primary N) is 1. The summed E-state index contributed by atoms with van der Waals surface area (Å²) in [5, 5.41) is 0. The fraction of sp³-hybridized carbons (Fsp3) is 0.364. The van der Waals surface area contributed by atoms with E-state index in [1.807, 2.05) is 30.5 Å². The summed E-state index contributed by atoms with van der Waals surface area (Å²) in [6, 6.07) is 7.59. The van der Waals surface area contributed by atoms with E-state index in [0.717, 1.165) is 10.5 Å². The third-order valence-corrected chi connectivity index (χ3v) is 2.86. The number of ether oxygens (including phenoxy) is 1. The smallest absolute Gasteiger partial charge is 0.307 e. The minimum atomic E-state index is -0.287. The molecular weight excluding hydrogens is 246 g/mol. The molecule has 1 aromatic rings. The van der Waals surface area contributed by atoms with E-state index in [4.69, 9.17) is 5.73 Å². The predicted octanol–water partition coefficient (Wildman–Crippen LogP) is 2.39. The molecule has 0 fully saturated rings. The van der Waals surface area contributed by atoms with Crippen LogP contribution in [0.2, 0.25) is 0 Å². The van der Waals surface area contributed by atoms with Crippen molar-refractivity contribution in [3.05, 3.63) is 29.8 Å². The molecule has 0 aromatic heterocycles. The molecule has 1 aromatic carbocycles. The summed E-state index contributed by atoms with van der Waals surface area (Å²) < 4.78 is 4.57. The van der Waals surface area contributed by atoms with Crippen molar-refractivity contribution in [1.29, 1.82) is 0 Å². The molecule has 1 rings (SSSR count). The van der Waals surface area contributed by atoms with E-state index in [0.29, 0.717) is 0 Å². The second kappa shape index (κ2) is 7.54. The Kier molecular flexibility index (Phi) is 7.21. The quantitative estimate of drug-likeness (QED) is 0.668. The summed E-state index contributed by atoms with van der Waals surface area (Å²) in [5.74, 6) is -0.281. The lowest BCUT2D eigenvalue weighted by Crippen LogP contribution is -2.16. The molecule has 5 heteroatoms. The van der Waals surface area contributed by atoms with Crippen LogP contribution in [-0.4, -0.2) is 19.3 Å². The number of esters is 1. The number of carbonyl (C=O) groups is 1. The van der Waals surface area contributed by atoms with Crippen LogP contribution < -0.4 is 5.73 Å². The highest BCUT2D eigenvalue weighted by Gasteiger charge is 2.11. The zero-order valence-electron chi connectivity index (χ0n) is 9.30. The summed E-state index contributed by atoms with van der Waals surface area (Å²) in [4.78, 5) is 12.2. The summed E-state index contributed by atoms with van der Waals surface area (Å²) in [7, 11) is 1.37. The fourth-order valence-corrected chi connectivity index (χ4v) is 1.72. The Hall–Kier alpha value is -0.710. The van der Waals surface area contributed by atoms with Gasteiger partial charge in [-0.3, -0.25) is 4.79 Å². The molecule has 2 N–H and O–H groups in total. The number of carbonyl (C=O) groups excluding carboxylic acids is 1. The van der Waals surface area contributed by atoms with Gasteiger partial charge in [-0.25, -0.2) is 0 Å². The number of rotatable bonds is 4. The lowest BCUT2D eigenvalue weighted by atomic mass is 10.1. The van der Waals surface area contributed by atoms with Crippen LogP contribution in [0.25, 0.3) is 0 Å². The largest absolute Gasteiger partial charge is 0.469 e. The van der Waals surface area contributed by atoms with Gasteiger partial charge in [0.25, 0.3) is 0 Å². The van der Waals surface area contributed by atoms with Crippen LogP contribution >= 0.6 is 24.2 Å². The van der Waals surface area contributed by atoms with Crippen LogP contribution in [-0.2, 0) is 9.53 Å². The maximum Gasteiger partial charge on any atom is 0.307 e. The normalized spacial score (nSPS) is 11.4. The van der Waals surface area contributed by atoms with E-state index in [1.54, 1.807) is 11.8 Å². The molecule has 16 heavy (non-hydrogen) atoms. The summed E-state index contributed by atoms with van der Waals surface area (Å²) >= 11 is 1.65. The number of halogens is 1. The van der Waals surface area contributed by atoms with Gasteiger partial charge in [0.05, 0.1) is 13.5 Å². The Labute approximate surface area is 106 Å². The monoisotopic (exact) mass is 261 g/mol. The van der Waals surface area contributed by atoms with Gasteiger partial charge >= 0.3 is 5.97 Å². The topological polar surface area (TPSA) is 52.3 Å². The van der Waals surface area contributed by atoms with Gasteiger partial charge in [-0.15, -0.1) is 24.2 Å². The summed E-state index contributed by atoms with van der Waals surface area (Å²) in [5.41, 5.74) is 6.85. The van der Waals surface area contributed by atoms with Crippen molar-refractivity contribution in [3.8, 4) is 0 Å². The first-order valence-corrected chi connectivity index (χ1v) is 5.86. The van der Waals surface area contributed by atoms with Gasteiger partial charge in [0, 0.05) is 10.9 Å². The van der Waals surface area contributed by atoms with Crippen molar-refractivity contribution in [2.75, 3.05) is 13.4 Å². The maximum atomic E-state index is 11.0. The minimum absolute atomic E-state index is 0. The average molecular weight is 262 g/mol. The highest BCUT2D eigenvalue weighted by atomic mass is 35.5. The Balaban J connectivity index is 0.00000225. The van der Waals surface area contributed by atoms with Crippen LogP contribution in [0.5, 0.6) is 0 Å². The maximum absolute atomic E-state index is 11.0. The predicted molar refractivity (Wildman–Crippen MR) is 69.0 cm³/mol. The molecular formula is C11H16ClNO2S. The van der Waals surface area contributed by atoms with Crippen molar-refractivity contribution >= 4 is 30.1 Å². The molecule has 0 unspecified atom stereocenters. The Morgan fingerprint density at radius 1 is 1.56 bits per heavy atom. The molecule has 0 bridgehead atoms. The summed E-state index contributed by atoms with van der Waals surface area (Å²) in [6.45, 7) is 0. The zero-order valence-corrected chi connectivity index (χ0v) is 10.9. The van der Waals surface area contributed by atoms with Crippen molar-refractivity contribution in [2.45, 2.75) is 17.4 Å². The van der Waals surface area contributed by atoms with E-state index >= 15 is 0 Å². The number of thioether (sulfide) groups is 1. The highest BCUT2D eigenvalue weighted by molar-refractivity contribution is 7.98. The second-order valence-electron chi connectivity index (χ2n) is 3.16. The molecule has 0 saturated carbocycles. The third-order valence-electron chi connectivity index (χ3n) is 2.14. The van der Waals surface area contributed by atoms with E-state index in [1.165, 1.54) is 7.11 Å². The molecule has 0 amide bonds. The van der Waals surface area contributed by atoms with Gasteiger partial charge in [0.2, 0.25) is 0 Å². The lowest BCUT2D eigenvalue weighted by Gasteiger charge is -2.11. The van der Waals surface area contributed by atoms with E-state index in [-0.39, 0.29) is 30.8 Å². The first-order valence-electron chi connectivity index (χ1n) is 4.63.